The molecule has 74 valence electrons. The van der Waals surface area contributed by atoms with E-state index >= 15 is 0 Å². The van der Waals surface area contributed by atoms with Crippen molar-refractivity contribution in [1.82, 2.24) is 4.90 Å². The molecule has 0 saturated carbocycles. The van der Waals surface area contributed by atoms with Crippen molar-refractivity contribution in [2.45, 2.75) is 13.0 Å². The van der Waals surface area contributed by atoms with Gasteiger partial charge in [-0.15, -0.1) is 0 Å². The fourth-order valence-corrected chi connectivity index (χ4v) is 2.17. The molecule has 14 heavy (non-hydrogen) atoms. The summed E-state index contributed by atoms with van der Waals surface area (Å²) in [7, 11) is 2.15. The summed E-state index contributed by atoms with van der Waals surface area (Å²) < 4.78 is 10.8. The molecule has 3 heteroatoms. The molecule has 0 fully saturated rings. The van der Waals surface area contributed by atoms with Crippen LogP contribution in [-0.4, -0.2) is 25.3 Å². The molecule has 0 atom stereocenters. The first-order valence-corrected chi connectivity index (χ1v) is 4.93. The summed E-state index contributed by atoms with van der Waals surface area (Å²) in [6, 6.07) is 4.17. The number of ether oxygens (including phenoxy) is 2. The smallest absolute Gasteiger partial charge is 0.231 e. The second-order valence-electron chi connectivity index (χ2n) is 3.92. The minimum atomic E-state index is 0.377. The SMILES string of the molecule is CN1CCc2c(ccc3c2OCO3)C1. The van der Waals surface area contributed by atoms with E-state index in [1.54, 1.807) is 0 Å². The maximum absolute atomic E-state index is 5.49. The third-order valence-electron chi connectivity index (χ3n) is 2.92. The minimum absolute atomic E-state index is 0.377. The molecule has 0 aromatic heterocycles. The Morgan fingerprint density at radius 2 is 2.21 bits per heavy atom. The molecule has 0 saturated heterocycles. The number of hydrogen-bond acceptors (Lipinski definition) is 3. The third-order valence-corrected chi connectivity index (χ3v) is 2.92. The van der Waals surface area contributed by atoms with Crippen molar-refractivity contribution in [2.24, 2.45) is 0 Å². The van der Waals surface area contributed by atoms with E-state index in [1.807, 2.05) is 6.07 Å². The molecule has 3 rings (SSSR count). The van der Waals surface area contributed by atoms with Gasteiger partial charge in [0.15, 0.2) is 11.5 Å². The molecule has 1 aromatic carbocycles. The van der Waals surface area contributed by atoms with Gasteiger partial charge in [-0.3, -0.25) is 0 Å². The largest absolute Gasteiger partial charge is 0.454 e. The number of likely N-dealkylation sites (N-methyl/N-ethyl adjacent to an activating group) is 1. The quantitative estimate of drug-likeness (QED) is 0.618. The normalized spacial score (nSPS) is 19.5. The predicted octanol–water partition coefficient (Wildman–Crippen LogP) is 1.40. The van der Waals surface area contributed by atoms with Gasteiger partial charge in [0.25, 0.3) is 0 Å². The van der Waals surface area contributed by atoms with Gasteiger partial charge in [-0.1, -0.05) is 6.07 Å². The minimum Gasteiger partial charge on any atom is -0.454 e. The van der Waals surface area contributed by atoms with E-state index in [2.05, 4.69) is 18.0 Å². The van der Waals surface area contributed by atoms with Crippen LogP contribution in [0.2, 0.25) is 0 Å². The zero-order chi connectivity index (χ0) is 9.54. The number of rotatable bonds is 0. The molecule has 1 aromatic rings. The topological polar surface area (TPSA) is 21.7 Å². The average Bonchev–Trinajstić information content (AvgIpc) is 2.65. The number of nitrogens with zero attached hydrogens (tertiary/aromatic N) is 1. The molecule has 0 unspecified atom stereocenters. The van der Waals surface area contributed by atoms with E-state index in [-0.39, 0.29) is 0 Å². The molecule has 0 N–H and O–H groups in total. The van der Waals surface area contributed by atoms with Crippen molar-refractivity contribution >= 4 is 0 Å². The molecule has 2 heterocycles. The summed E-state index contributed by atoms with van der Waals surface area (Å²) in [5.74, 6) is 1.89. The van der Waals surface area contributed by atoms with Crippen molar-refractivity contribution < 1.29 is 9.47 Å². The van der Waals surface area contributed by atoms with Crippen LogP contribution in [-0.2, 0) is 13.0 Å². The van der Waals surface area contributed by atoms with Crippen LogP contribution in [0.25, 0.3) is 0 Å². The Morgan fingerprint density at radius 3 is 3.14 bits per heavy atom. The first kappa shape index (κ1) is 8.12. The predicted molar refractivity (Wildman–Crippen MR) is 52.6 cm³/mol. The monoisotopic (exact) mass is 191 g/mol. The first-order chi connectivity index (χ1) is 6.84. The number of hydrogen-bond donors (Lipinski definition) is 0. The fraction of sp³-hybridized carbons (Fsp3) is 0.455. The van der Waals surface area contributed by atoms with Crippen LogP contribution in [0.5, 0.6) is 11.5 Å². The molecule has 0 aliphatic carbocycles. The lowest BCUT2D eigenvalue weighted by atomic mass is 9.99. The second kappa shape index (κ2) is 2.89. The molecule has 2 aliphatic heterocycles. The Labute approximate surface area is 83.2 Å². The van der Waals surface area contributed by atoms with Crippen molar-refractivity contribution in [3.05, 3.63) is 23.3 Å². The molecule has 0 radical (unpaired) electrons. The molecular formula is C11H13NO2. The zero-order valence-corrected chi connectivity index (χ0v) is 8.25. The second-order valence-corrected chi connectivity index (χ2v) is 3.92. The van der Waals surface area contributed by atoms with Crippen molar-refractivity contribution in [1.29, 1.82) is 0 Å². The average molecular weight is 191 g/mol. The summed E-state index contributed by atoms with van der Waals surface area (Å²) in [6.45, 7) is 2.50. The van der Waals surface area contributed by atoms with Gasteiger partial charge in [-0.05, 0) is 25.1 Å². The van der Waals surface area contributed by atoms with Crippen LogP contribution < -0.4 is 9.47 Å². The van der Waals surface area contributed by atoms with Crippen molar-refractivity contribution in [2.75, 3.05) is 20.4 Å². The Hall–Kier alpha value is -1.22. The summed E-state index contributed by atoms with van der Waals surface area (Å²) in [6.07, 6.45) is 1.07. The highest BCUT2D eigenvalue weighted by Crippen LogP contribution is 2.39. The van der Waals surface area contributed by atoms with E-state index in [9.17, 15) is 0 Å². The Morgan fingerprint density at radius 1 is 1.29 bits per heavy atom. The molecule has 2 aliphatic rings. The number of benzene rings is 1. The molecule has 0 spiro atoms. The Balaban J connectivity index is 2.10. The standard InChI is InChI=1S/C11H13NO2/c1-12-5-4-9-8(6-12)2-3-10-11(9)14-7-13-10/h2-3H,4-7H2,1H3. The fourth-order valence-electron chi connectivity index (χ4n) is 2.17. The third kappa shape index (κ3) is 1.09. The lowest BCUT2D eigenvalue weighted by Crippen LogP contribution is -2.26. The van der Waals surface area contributed by atoms with Gasteiger partial charge < -0.3 is 14.4 Å². The van der Waals surface area contributed by atoms with E-state index in [0.29, 0.717) is 6.79 Å². The van der Waals surface area contributed by atoms with Crippen LogP contribution in [0.15, 0.2) is 12.1 Å². The maximum atomic E-state index is 5.49. The molecule has 0 bridgehead atoms. The molecule has 0 amide bonds. The van der Waals surface area contributed by atoms with E-state index in [1.165, 1.54) is 11.1 Å². The van der Waals surface area contributed by atoms with Crippen LogP contribution >= 0.6 is 0 Å². The molecular weight excluding hydrogens is 178 g/mol. The van der Waals surface area contributed by atoms with Gasteiger partial charge in [-0.2, -0.15) is 0 Å². The van der Waals surface area contributed by atoms with Crippen LogP contribution in [0, 0.1) is 0 Å². The summed E-state index contributed by atoms with van der Waals surface area (Å²) in [4.78, 5) is 2.32. The van der Waals surface area contributed by atoms with Crippen molar-refractivity contribution in [3.8, 4) is 11.5 Å². The van der Waals surface area contributed by atoms with E-state index in [0.717, 1.165) is 31.0 Å². The van der Waals surface area contributed by atoms with Crippen LogP contribution in [0.3, 0.4) is 0 Å². The van der Waals surface area contributed by atoms with Gasteiger partial charge in [-0.25, -0.2) is 0 Å². The summed E-state index contributed by atoms with van der Waals surface area (Å²) in [5.41, 5.74) is 2.72. The first-order valence-electron chi connectivity index (χ1n) is 4.93. The van der Waals surface area contributed by atoms with Gasteiger partial charge in [0, 0.05) is 18.7 Å². The van der Waals surface area contributed by atoms with Gasteiger partial charge in [0.1, 0.15) is 0 Å². The van der Waals surface area contributed by atoms with Gasteiger partial charge >= 0.3 is 0 Å². The lowest BCUT2D eigenvalue weighted by Gasteiger charge is -2.25. The molecule has 3 nitrogen and oxygen atoms in total. The number of fused-ring (bicyclic) bond motifs is 3. The van der Waals surface area contributed by atoms with Crippen molar-refractivity contribution in [3.63, 3.8) is 0 Å². The summed E-state index contributed by atoms with van der Waals surface area (Å²) >= 11 is 0. The van der Waals surface area contributed by atoms with Crippen LogP contribution in [0.4, 0.5) is 0 Å². The Bertz CT molecular complexity index is 376. The van der Waals surface area contributed by atoms with Gasteiger partial charge in [0.05, 0.1) is 0 Å². The summed E-state index contributed by atoms with van der Waals surface area (Å²) in [5, 5.41) is 0. The highest BCUT2D eigenvalue weighted by Gasteiger charge is 2.23. The highest BCUT2D eigenvalue weighted by molar-refractivity contribution is 5.52. The lowest BCUT2D eigenvalue weighted by molar-refractivity contribution is 0.172. The van der Waals surface area contributed by atoms with E-state index in [4.69, 9.17) is 9.47 Å². The highest BCUT2D eigenvalue weighted by atomic mass is 16.7. The van der Waals surface area contributed by atoms with E-state index < -0.39 is 0 Å². The maximum Gasteiger partial charge on any atom is 0.231 e. The Kier molecular flexibility index (Phi) is 1.67. The van der Waals surface area contributed by atoms with Gasteiger partial charge in [0.2, 0.25) is 6.79 Å². The zero-order valence-electron chi connectivity index (χ0n) is 8.25. The van der Waals surface area contributed by atoms with Crippen LogP contribution in [0.1, 0.15) is 11.1 Å².